The van der Waals surface area contributed by atoms with E-state index in [4.69, 9.17) is 11.6 Å². The minimum atomic E-state index is 0.362. The second-order valence-electron chi connectivity index (χ2n) is 3.73. The molecule has 0 fully saturated rings. The molecule has 0 saturated carbocycles. The third-order valence-corrected chi connectivity index (χ3v) is 2.69. The second-order valence-corrected chi connectivity index (χ2v) is 4.17. The van der Waals surface area contributed by atoms with Crippen molar-refractivity contribution in [3.63, 3.8) is 0 Å². The number of unbranched alkanes of at least 4 members (excludes halogenated alkanes) is 1. The summed E-state index contributed by atoms with van der Waals surface area (Å²) in [5.74, 6) is 0.362. The Morgan fingerprint density at radius 2 is 2.13 bits per heavy atom. The van der Waals surface area contributed by atoms with E-state index < -0.39 is 0 Å². The molecule has 0 spiro atoms. The maximum Gasteiger partial charge on any atom is 0.132 e. The second kappa shape index (κ2) is 6.62. The average Bonchev–Trinajstić information content (AvgIpc) is 2.24. The van der Waals surface area contributed by atoms with Gasteiger partial charge >= 0.3 is 0 Å². The fraction of sp³-hybridized carbons (Fsp3) is 0.462. The van der Waals surface area contributed by atoms with Crippen molar-refractivity contribution in [2.24, 2.45) is 0 Å². The van der Waals surface area contributed by atoms with Gasteiger partial charge in [0.25, 0.3) is 0 Å². The first-order valence-electron chi connectivity index (χ1n) is 5.48. The van der Waals surface area contributed by atoms with E-state index in [1.807, 2.05) is 25.1 Å². The predicted molar refractivity (Wildman–Crippen MR) is 64.3 cm³/mol. The van der Waals surface area contributed by atoms with E-state index >= 15 is 0 Å². The third-order valence-electron chi connectivity index (χ3n) is 2.45. The SMILES string of the molecule is CCC(=O)CCCCc1cccc(Cl)c1. The molecule has 2 heteroatoms. The Morgan fingerprint density at radius 3 is 2.80 bits per heavy atom. The van der Waals surface area contributed by atoms with Gasteiger partial charge in [-0.15, -0.1) is 0 Å². The van der Waals surface area contributed by atoms with Gasteiger partial charge in [0.05, 0.1) is 0 Å². The van der Waals surface area contributed by atoms with Crippen LogP contribution in [0.4, 0.5) is 0 Å². The molecule has 0 atom stereocenters. The molecular weight excluding hydrogens is 208 g/mol. The monoisotopic (exact) mass is 224 g/mol. The molecule has 0 aliphatic rings. The van der Waals surface area contributed by atoms with Crippen molar-refractivity contribution in [2.75, 3.05) is 0 Å². The van der Waals surface area contributed by atoms with E-state index in [1.54, 1.807) is 0 Å². The number of carbonyl (C=O) groups excluding carboxylic acids is 1. The quantitative estimate of drug-likeness (QED) is 0.667. The first kappa shape index (κ1) is 12.3. The summed E-state index contributed by atoms with van der Waals surface area (Å²) in [6.07, 6.45) is 4.44. The van der Waals surface area contributed by atoms with Crippen molar-refractivity contribution >= 4 is 17.4 Å². The van der Waals surface area contributed by atoms with E-state index in [2.05, 4.69) is 6.07 Å². The van der Waals surface area contributed by atoms with E-state index in [9.17, 15) is 4.79 Å². The summed E-state index contributed by atoms with van der Waals surface area (Å²) in [7, 11) is 0. The number of halogens is 1. The summed E-state index contributed by atoms with van der Waals surface area (Å²) in [4.78, 5) is 11.1. The van der Waals surface area contributed by atoms with Crippen LogP contribution in [-0.2, 0) is 11.2 Å². The molecule has 0 amide bonds. The van der Waals surface area contributed by atoms with Crippen molar-refractivity contribution in [1.82, 2.24) is 0 Å². The fourth-order valence-electron chi connectivity index (χ4n) is 1.52. The number of hydrogen-bond donors (Lipinski definition) is 0. The largest absolute Gasteiger partial charge is 0.300 e. The Balaban J connectivity index is 2.23. The van der Waals surface area contributed by atoms with Gasteiger partial charge in [-0.2, -0.15) is 0 Å². The summed E-state index contributed by atoms with van der Waals surface area (Å²) in [6.45, 7) is 1.92. The fourth-order valence-corrected chi connectivity index (χ4v) is 1.73. The number of ketones is 1. The van der Waals surface area contributed by atoms with E-state index in [0.29, 0.717) is 12.2 Å². The number of rotatable bonds is 6. The highest BCUT2D eigenvalue weighted by molar-refractivity contribution is 6.30. The van der Waals surface area contributed by atoms with Crippen molar-refractivity contribution in [3.8, 4) is 0 Å². The zero-order valence-electron chi connectivity index (χ0n) is 9.13. The maximum atomic E-state index is 11.1. The highest BCUT2D eigenvalue weighted by Gasteiger charge is 1.99. The summed E-state index contributed by atoms with van der Waals surface area (Å²) in [5.41, 5.74) is 1.26. The van der Waals surface area contributed by atoms with E-state index in [-0.39, 0.29) is 0 Å². The Kier molecular flexibility index (Phi) is 5.41. The molecule has 1 aromatic carbocycles. The summed E-state index contributed by atoms with van der Waals surface area (Å²) >= 11 is 5.88. The molecule has 0 aliphatic carbocycles. The molecule has 0 radical (unpaired) electrons. The van der Waals surface area contributed by atoms with Crippen LogP contribution in [-0.4, -0.2) is 5.78 Å². The zero-order valence-corrected chi connectivity index (χ0v) is 9.89. The first-order chi connectivity index (χ1) is 7.22. The Hall–Kier alpha value is -0.820. The van der Waals surface area contributed by atoms with Crippen LogP contribution in [0.25, 0.3) is 0 Å². The van der Waals surface area contributed by atoms with Crippen LogP contribution in [0.3, 0.4) is 0 Å². The van der Waals surface area contributed by atoms with Crippen LogP contribution in [0.5, 0.6) is 0 Å². The van der Waals surface area contributed by atoms with Crippen LogP contribution in [0.1, 0.15) is 38.2 Å². The standard InChI is InChI=1S/C13H17ClO/c1-2-13(15)9-4-3-6-11-7-5-8-12(14)10-11/h5,7-8,10H,2-4,6,9H2,1H3. The Morgan fingerprint density at radius 1 is 1.33 bits per heavy atom. The molecule has 0 unspecified atom stereocenters. The van der Waals surface area contributed by atoms with Gasteiger partial charge in [-0.1, -0.05) is 30.7 Å². The molecule has 1 rings (SSSR count). The Bertz CT molecular complexity index is 320. The molecule has 15 heavy (non-hydrogen) atoms. The minimum absolute atomic E-state index is 0.362. The number of hydrogen-bond acceptors (Lipinski definition) is 1. The van der Waals surface area contributed by atoms with Gasteiger partial charge in [-0.25, -0.2) is 0 Å². The molecule has 1 nitrogen and oxygen atoms in total. The van der Waals surface area contributed by atoms with Gasteiger partial charge in [-0.05, 0) is 37.0 Å². The predicted octanol–water partition coefficient (Wildman–Crippen LogP) is 4.03. The summed E-state index contributed by atoms with van der Waals surface area (Å²) < 4.78 is 0. The minimum Gasteiger partial charge on any atom is -0.300 e. The van der Waals surface area contributed by atoms with Crippen LogP contribution >= 0.6 is 11.6 Å². The summed E-state index contributed by atoms with van der Waals surface area (Å²) in [5, 5.41) is 0.789. The third kappa shape index (κ3) is 4.98. The van der Waals surface area contributed by atoms with Gasteiger partial charge < -0.3 is 0 Å². The number of carbonyl (C=O) groups is 1. The van der Waals surface area contributed by atoms with Crippen molar-refractivity contribution in [1.29, 1.82) is 0 Å². The van der Waals surface area contributed by atoms with Crippen LogP contribution in [0.15, 0.2) is 24.3 Å². The average molecular weight is 225 g/mol. The molecular formula is C13H17ClO. The van der Waals surface area contributed by atoms with Gasteiger partial charge in [0.15, 0.2) is 0 Å². The highest BCUT2D eigenvalue weighted by Crippen LogP contribution is 2.13. The maximum absolute atomic E-state index is 11.1. The highest BCUT2D eigenvalue weighted by atomic mass is 35.5. The first-order valence-corrected chi connectivity index (χ1v) is 5.86. The lowest BCUT2D eigenvalue weighted by atomic mass is 10.1. The van der Waals surface area contributed by atoms with Crippen molar-refractivity contribution < 1.29 is 4.79 Å². The normalized spacial score (nSPS) is 10.3. The number of benzene rings is 1. The van der Waals surface area contributed by atoms with Crippen LogP contribution in [0, 0.1) is 0 Å². The lowest BCUT2D eigenvalue weighted by Crippen LogP contribution is -1.95. The smallest absolute Gasteiger partial charge is 0.132 e. The van der Waals surface area contributed by atoms with Gasteiger partial charge in [0, 0.05) is 17.9 Å². The molecule has 0 heterocycles. The van der Waals surface area contributed by atoms with Gasteiger partial charge in [0.2, 0.25) is 0 Å². The molecule has 0 N–H and O–H groups in total. The lowest BCUT2D eigenvalue weighted by Gasteiger charge is -2.01. The summed E-state index contributed by atoms with van der Waals surface area (Å²) in [6, 6.07) is 7.91. The van der Waals surface area contributed by atoms with E-state index in [0.717, 1.165) is 30.7 Å². The number of aryl methyl sites for hydroxylation is 1. The van der Waals surface area contributed by atoms with Gasteiger partial charge in [0.1, 0.15) is 5.78 Å². The number of Topliss-reactive ketones (excluding diaryl/α,β-unsaturated/α-hetero) is 1. The molecule has 0 saturated heterocycles. The molecule has 0 bridgehead atoms. The van der Waals surface area contributed by atoms with Crippen molar-refractivity contribution in [3.05, 3.63) is 34.9 Å². The lowest BCUT2D eigenvalue weighted by molar-refractivity contribution is -0.118. The van der Waals surface area contributed by atoms with Crippen LogP contribution in [0.2, 0.25) is 5.02 Å². The van der Waals surface area contributed by atoms with Gasteiger partial charge in [-0.3, -0.25) is 4.79 Å². The molecule has 1 aromatic rings. The van der Waals surface area contributed by atoms with Crippen molar-refractivity contribution in [2.45, 2.75) is 39.0 Å². The molecule has 82 valence electrons. The topological polar surface area (TPSA) is 17.1 Å². The van der Waals surface area contributed by atoms with E-state index in [1.165, 1.54) is 5.56 Å². The molecule has 0 aliphatic heterocycles. The zero-order chi connectivity index (χ0) is 11.1. The van der Waals surface area contributed by atoms with Crippen LogP contribution < -0.4 is 0 Å². The Labute approximate surface area is 96.5 Å². The molecule has 0 aromatic heterocycles.